The second-order valence-electron chi connectivity index (χ2n) is 6.30. The Kier molecular flexibility index (Phi) is 3.29. The zero-order chi connectivity index (χ0) is 14.5. The Balaban J connectivity index is 1.93. The molecule has 20 heavy (non-hydrogen) atoms. The molecule has 1 aromatic rings. The van der Waals surface area contributed by atoms with Gasteiger partial charge in [0.2, 0.25) is 10.0 Å². The summed E-state index contributed by atoms with van der Waals surface area (Å²) in [4.78, 5) is 0.202. The molecule has 0 heterocycles. The fraction of sp³-hybridized carbons (Fsp3) is 0.600. The zero-order valence-electron chi connectivity index (χ0n) is 12.0. The van der Waals surface area contributed by atoms with Gasteiger partial charge in [-0.15, -0.1) is 0 Å². The third-order valence-corrected chi connectivity index (χ3v) is 5.44. The number of anilines is 1. The van der Waals surface area contributed by atoms with Crippen molar-refractivity contribution >= 4 is 15.7 Å². The molecule has 2 fully saturated rings. The molecule has 2 saturated carbocycles. The molecule has 0 aliphatic heterocycles. The van der Waals surface area contributed by atoms with E-state index in [2.05, 4.69) is 5.32 Å². The minimum atomic E-state index is -3.65. The number of aryl methyl sites for hydroxylation is 1. The molecule has 5 heteroatoms. The summed E-state index contributed by atoms with van der Waals surface area (Å²) >= 11 is 0. The molecule has 0 atom stereocenters. The van der Waals surface area contributed by atoms with E-state index in [4.69, 9.17) is 5.14 Å². The summed E-state index contributed by atoms with van der Waals surface area (Å²) in [6.07, 6.45) is 5.17. The van der Waals surface area contributed by atoms with Crippen molar-refractivity contribution in [1.29, 1.82) is 0 Å². The first-order valence-corrected chi connectivity index (χ1v) is 8.81. The van der Waals surface area contributed by atoms with Crippen molar-refractivity contribution in [3.05, 3.63) is 23.3 Å². The summed E-state index contributed by atoms with van der Waals surface area (Å²) in [5, 5.41) is 8.87. The Hall–Kier alpha value is -1.07. The molecule has 2 aliphatic carbocycles. The molecular formula is C15H22N2O2S. The Bertz CT molecular complexity index is 620. The lowest BCUT2D eigenvalue weighted by Crippen LogP contribution is -2.25. The molecule has 0 saturated heterocycles. The van der Waals surface area contributed by atoms with Crippen molar-refractivity contribution in [3.8, 4) is 0 Å². The lowest BCUT2D eigenvalue weighted by molar-refractivity contribution is 0.567. The average Bonchev–Trinajstić information content (AvgIpc) is 3.23. The smallest absolute Gasteiger partial charge is 0.238 e. The molecule has 3 rings (SSSR count). The van der Waals surface area contributed by atoms with Gasteiger partial charge in [-0.3, -0.25) is 0 Å². The van der Waals surface area contributed by atoms with Crippen LogP contribution in [0.15, 0.2) is 17.0 Å². The quantitative estimate of drug-likeness (QED) is 0.876. The van der Waals surface area contributed by atoms with Crippen LogP contribution >= 0.6 is 0 Å². The number of sulfonamides is 1. The highest BCUT2D eigenvalue weighted by Crippen LogP contribution is 2.46. The van der Waals surface area contributed by atoms with Gasteiger partial charge in [-0.05, 0) is 74.6 Å². The van der Waals surface area contributed by atoms with E-state index < -0.39 is 10.0 Å². The molecule has 0 spiro atoms. The van der Waals surface area contributed by atoms with Crippen LogP contribution in [0.2, 0.25) is 0 Å². The number of hydrogen-bond acceptors (Lipinski definition) is 3. The van der Waals surface area contributed by atoms with E-state index in [-0.39, 0.29) is 4.90 Å². The Morgan fingerprint density at radius 1 is 1.15 bits per heavy atom. The second kappa shape index (κ2) is 4.74. The van der Waals surface area contributed by atoms with Gasteiger partial charge in [0.15, 0.2) is 0 Å². The standard InChI is InChI=1S/C15H22N2O2S/c1-9-7-13(20(16,18)19)8-14(10(9)2)17-15(11-3-4-11)12-5-6-12/h7-8,11-12,15,17H,3-6H2,1-2H3,(H2,16,18,19). The van der Waals surface area contributed by atoms with Crippen molar-refractivity contribution in [2.24, 2.45) is 17.0 Å². The van der Waals surface area contributed by atoms with Crippen LogP contribution in [-0.4, -0.2) is 14.5 Å². The summed E-state index contributed by atoms with van der Waals surface area (Å²) in [7, 11) is -3.65. The molecule has 0 amide bonds. The minimum Gasteiger partial charge on any atom is -0.381 e. The van der Waals surface area contributed by atoms with Crippen molar-refractivity contribution < 1.29 is 8.42 Å². The lowest BCUT2D eigenvalue weighted by atomic mass is 10.0. The van der Waals surface area contributed by atoms with E-state index in [1.165, 1.54) is 25.7 Å². The molecule has 1 aromatic carbocycles. The van der Waals surface area contributed by atoms with Crippen LogP contribution in [0.1, 0.15) is 36.8 Å². The average molecular weight is 294 g/mol. The first-order valence-electron chi connectivity index (χ1n) is 7.27. The van der Waals surface area contributed by atoms with E-state index in [0.29, 0.717) is 6.04 Å². The first-order chi connectivity index (χ1) is 9.36. The van der Waals surface area contributed by atoms with Crippen LogP contribution in [0.3, 0.4) is 0 Å². The fourth-order valence-electron chi connectivity index (χ4n) is 2.85. The summed E-state index contributed by atoms with van der Waals surface area (Å²) in [6.45, 7) is 3.96. The maximum absolute atomic E-state index is 11.6. The second-order valence-corrected chi connectivity index (χ2v) is 7.86. The SMILES string of the molecule is Cc1cc(S(N)(=O)=O)cc(NC(C2CC2)C2CC2)c1C. The number of benzene rings is 1. The van der Waals surface area contributed by atoms with E-state index in [1.54, 1.807) is 12.1 Å². The van der Waals surface area contributed by atoms with Gasteiger partial charge in [0, 0.05) is 11.7 Å². The van der Waals surface area contributed by atoms with E-state index in [1.807, 2.05) is 13.8 Å². The Morgan fingerprint density at radius 2 is 1.70 bits per heavy atom. The monoisotopic (exact) mass is 294 g/mol. The van der Waals surface area contributed by atoms with Crippen LogP contribution < -0.4 is 10.5 Å². The zero-order valence-corrected chi connectivity index (χ0v) is 12.8. The normalized spacial score (nSPS) is 19.4. The highest BCUT2D eigenvalue weighted by Gasteiger charge is 2.41. The summed E-state index contributed by atoms with van der Waals surface area (Å²) in [6, 6.07) is 3.85. The van der Waals surface area contributed by atoms with E-state index >= 15 is 0 Å². The molecule has 0 unspecified atom stereocenters. The van der Waals surface area contributed by atoms with Crippen LogP contribution in [0.5, 0.6) is 0 Å². The summed E-state index contributed by atoms with van der Waals surface area (Å²) in [5.41, 5.74) is 3.01. The van der Waals surface area contributed by atoms with Crippen molar-refractivity contribution in [2.45, 2.75) is 50.5 Å². The molecule has 2 aliphatic rings. The highest BCUT2D eigenvalue weighted by atomic mass is 32.2. The van der Waals surface area contributed by atoms with Gasteiger partial charge >= 0.3 is 0 Å². The van der Waals surface area contributed by atoms with Gasteiger partial charge in [-0.2, -0.15) is 0 Å². The van der Waals surface area contributed by atoms with Gasteiger partial charge in [0.05, 0.1) is 4.90 Å². The first kappa shape index (κ1) is 13.9. The number of nitrogens with one attached hydrogen (secondary N) is 1. The maximum atomic E-state index is 11.6. The molecule has 0 bridgehead atoms. The predicted molar refractivity (Wildman–Crippen MR) is 80.1 cm³/mol. The number of hydrogen-bond donors (Lipinski definition) is 2. The molecule has 110 valence electrons. The third-order valence-electron chi connectivity index (χ3n) is 4.55. The Labute approximate surface area is 120 Å². The molecule has 4 nitrogen and oxygen atoms in total. The van der Waals surface area contributed by atoms with Crippen molar-refractivity contribution in [2.75, 3.05) is 5.32 Å². The molecular weight excluding hydrogens is 272 g/mol. The van der Waals surface area contributed by atoms with Gasteiger partial charge in [-0.25, -0.2) is 13.6 Å². The largest absolute Gasteiger partial charge is 0.381 e. The summed E-state index contributed by atoms with van der Waals surface area (Å²) < 4.78 is 23.2. The number of nitrogens with two attached hydrogens (primary N) is 1. The van der Waals surface area contributed by atoms with Crippen molar-refractivity contribution in [3.63, 3.8) is 0 Å². The summed E-state index contributed by atoms with van der Waals surface area (Å²) in [5.74, 6) is 1.53. The molecule has 0 aromatic heterocycles. The lowest BCUT2D eigenvalue weighted by Gasteiger charge is -2.22. The predicted octanol–water partition coefficient (Wildman–Crippen LogP) is 2.55. The van der Waals surface area contributed by atoms with Crippen LogP contribution in [0.25, 0.3) is 0 Å². The van der Waals surface area contributed by atoms with E-state index in [0.717, 1.165) is 28.7 Å². The van der Waals surface area contributed by atoms with Gasteiger partial charge in [0.25, 0.3) is 0 Å². The third kappa shape index (κ3) is 2.83. The topological polar surface area (TPSA) is 72.2 Å². The Morgan fingerprint density at radius 3 is 2.15 bits per heavy atom. The van der Waals surface area contributed by atoms with Crippen LogP contribution in [0.4, 0.5) is 5.69 Å². The molecule has 3 N–H and O–H groups in total. The molecule has 0 radical (unpaired) electrons. The number of primary sulfonamides is 1. The van der Waals surface area contributed by atoms with Gasteiger partial charge in [-0.1, -0.05) is 0 Å². The fourth-order valence-corrected chi connectivity index (χ4v) is 3.47. The minimum absolute atomic E-state index is 0.202. The van der Waals surface area contributed by atoms with Gasteiger partial charge in [0.1, 0.15) is 0 Å². The number of rotatable bonds is 5. The van der Waals surface area contributed by atoms with Crippen LogP contribution in [-0.2, 0) is 10.0 Å². The maximum Gasteiger partial charge on any atom is 0.238 e. The van der Waals surface area contributed by atoms with Crippen molar-refractivity contribution in [1.82, 2.24) is 0 Å². The van der Waals surface area contributed by atoms with Crippen LogP contribution in [0, 0.1) is 25.7 Å². The highest BCUT2D eigenvalue weighted by molar-refractivity contribution is 7.89. The van der Waals surface area contributed by atoms with Gasteiger partial charge < -0.3 is 5.32 Å². The van der Waals surface area contributed by atoms with E-state index in [9.17, 15) is 8.42 Å².